The van der Waals surface area contributed by atoms with Crippen molar-refractivity contribution < 1.29 is 4.79 Å². The zero-order valence-electron chi connectivity index (χ0n) is 11.8. The van der Waals surface area contributed by atoms with Crippen LogP contribution in [0.3, 0.4) is 0 Å². The highest BCUT2D eigenvalue weighted by Crippen LogP contribution is 2.34. The third-order valence-electron chi connectivity index (χ3n) is 3.90. The van der Waals surface area contributed by atoms with Crippen LogP contribution in [0, 0.1) is 13.8 Å². The standard InChI is InChI=1S/C16H18N2OS/c1-11-6-3-4-7-13(11)15-8-5-9-18(15)16(19)14-10-20-12(2)17-14/h3-4,6-7,10,15H,5,8-9H2,1-2H3. The quantitative estimate of drug-likeness (QED) is 0.842. The third-order valence-corrected chi connectivity index (χ3v) is 4.67. The van der Waals surface area contributed by atoms with Gasteiger partial charge >= 0.3 is 0 Å². The van der Waals surface area contributed by atoms with Crippen molar-refractivity contribution >= 4 is 17.2 Å². The molecular weight excluding hydrogens is 268 g/mol. The summed E-state index contributed by atoms with van der Waals surface area (Å²) in [6.07, 6.45) is 2.10. The maximum absolute atomic E-state index is 12.6. The Labute approximate surface area is 123 Å². The molecule has 1 fully saturated rings. The molecule has 0 spiro atoms. The molecule has 0 N–H and O–H groups in total. The van der Waals surface area contributed by atoms with Crippen LogP contribution in [0.2, 0.25) is 0 Å². The minimum absolute atomic E-state index is 0.0695. The zero-order valence-corrected chi connectivity index (χ0v) is 12.6. The number of rotatable bonds is 2. The third kappa shape index (κ3) is 2.36. The largest absolute Gasteiger partial charge is 0.330 e. The Kier molecular flexibility index (Phi) is 3.57. The van der Waals surface area contributed by atoms with Gasteiger partial charge in [0.15, 0.2) is 0 Å². The molecule has 3 nitrogen and oxygen atoms in total. The van der Waals surface area contributed by atoms with Gasteiger partial charge in [0.05, 0.1) is 11.0 Å². The van der Waals surface area contributed by atoms with Gasteiger partial charge in [-0.3, -0.25) is 4.79 Å². The Balaban J connectivity index is 1.90. The van der Waals surface area contributed by atoms with Crippen molar-refractivity contribution in [1.29, 1.82) is 0 Å². The summed E-state index contributed by atoms with van der Waals surface area (Å²) in [7, 11) is 0. The molecule has 0 aliphatic carbocycles. The Morgan fingerprint density at radius 3 is 2.85 bits per heavy atom. The van der Waals surface area contributed by atoms with Crippen LogP contribution >= 0.6 is 11.3 Å². The summed E-state index contributed by atoms with van der Waals surface area (Å²) in [6, 6.07) is 8.55. The van der Waals surface area contributed by atoms with Crippen LogP contribution in [0.4, 0.5) is 0 Å². The van der Waals surface area contributed by atoms with E-state index in [9.17, 15) is 4.79 Å². The highest BCUT2D eigenvalue weighted by atomic mass is 32.1. The summed E-state index contributed by atoms with van der Waals surface area (Å²) in [5.41, 5.74) is 3.12. The second kappa shape index (κ2) is 5.37. The number of aryl methyl sites for hydroxylation is 2. The van der Waals surface area contributed by atoms with Crippen molar-refractivity contribution in [3.63, 3.8) is 0 Å². The smallest absolute Gasteiger partial charge is 0.273 e. The maximum Gasteiger partial charge on any atom is 0.273 e. The van der Waals surface area contributed by atoms with Crippen LogP contribution in [0.25, 0.3) is 0 Å². The lowest BCUT2D eigenvalue weighted by Crippen LogP contribution is -2.31. The average Bonchev–Trinajstić information content (AvgIpc) is 3.07. The van der Waals surface area contributed by atoms with Gasteiger partial charge < -0.3 is 4.90 Å². The molecule has 0 radical (unpaired) electrons. The number of carbonyl (C=O) groups is 1. The average molecular weight is 286 g/mol. The summed E-state index contributed by atoms with van der Waals surface area (Å²) < 4.78 is 0. The molecular formula is C16H18N2OS. The predicted molar refractivity (Wildman–Crippen MR) is 81.0 cm³/mol. The number of likely N-dealkylation sites (tertiary alicyclic amines) is 1. The second-order valence-corrected chi connectivity index (χ2v) is 6.33. The molecule has 3 rings (SSSR count). The van der Waals surface area contributed by atoms with E-state index in [1.807, 2.05) is 23.3 Å². The number of hydrogen-bond acceptors (Lipinski definition) is 3. The SMILES string of the molecule is Cc1nc(C(=O)N2CCCC2c2ccccc2C)cs1. The van der Waals surface area contributed by atoms with Crippen molar-refractivity contribution in [2.75, 3.05) is 6.54 Å². The molecule has 1 aliphatic rings. The molecule has 2 aromatic rings. The molecule has 1 atom stereocenters. The number of nitrogens with zero attached hydrogens (tertiary/aromatic N) is 2. The lowest BCUT2D eigenvalue weighted by molar-refractivity contribution is 0.0730. The van der Waals surface area contributed by atoms with Crippen LogP contribution in [0.5, 0.6) is 0 Å². The lowest BCUT2D eigenvalue weighted by atomic mass is 9.99. The molecule has 2 heterocycles. The first kappa shape index (κ1) is 13.3. The molecule has 1 aromatic carbocycles. The van der Waals surface area contributed by atoms with E-state index in [1.54, 1.807) is 0 Å². The number of hydrogen-bond donors (Lipinski definition) is 0. The highest BCUT2D eigenvalue weighted by Gasteiger charge is 2.32. The van der Waals surface area contributed by atoms with E-state index in [1.165, 1.54) is 22.5 Å². The van der Waals surface area contributed by atoms with Gasteiger partial charge in [-0.05, 0) is 37.8 Å². The van der Waals surface area contributed by atoms with Crippen LogP contribution in [-0.2, 0) is 0 Å². The van der Waals surface area contributed by atoms with Gasteiger partial charge in [-0.15, -0.1) is 11.3 Å². The maximum atomic E-state index is 12.6. The number of amides is 1. The fourth-order valence-corrected chi connectivity index (χ4v) is 3.49. The molecule has 1 aromatic heterocycles. The Bertz CT molecular complexity index is 635. The Morgan fingerprint density at radius 2 is 2.15 bits per heavy atom. The van der Waals surface area contributed by atoms with Gasteiger partial charge in [0.2, 0.25) is 0 Å². The Morgan fingerprint density at radius 1 is 1.35 bits per heavy atom. The Hall–Kier alpha value is -1.68. The van der Waals surface area contributed by atoms with Crippen molar-refractivity contribution in [3.8, 4) is 0 Å². The molecule has 1 aliphatic heterocycles. The van der Waals surface area contributed by atoms with Crippen LogP contribution in [0.1, 0.15) is 45.5 Å². The lowest BCUT2D eigenvalue weighted by Gasteiger charge is -2.25. The first-order valence-electron chi connectivity index (χ1n) is 6.95. The summed E-state index contributed by atoms with van der Waals surface area (Å²) in [5.74, 6) is 0.0695. The van der Waals surface area contributed by atoms with Crippen molar-refractivity contribution in [1.82, 2.24) is 9.88 Å². The van der Waals surface area contributed by atoms with Gasteiger partial charge in [0.1, 0.15) is 5.69 Å². The second-order valence-electron chi connectivity index (χ2n) is 5.26. The molecule has 1 amide bonds. The van der Waals surface area contributed by atoms with E-state index in [0.29, 0.717) is 5.69 Å². The van der Waals surface area contributed by atoms with E-state index in [4.69, 9.17) is 0 Å². The van der Waals surface area contributed by atoms with Crippen LogP contribution < -0.4 is 0 Å². The normalized spacial score (nSPS) is 18.5. The van der Waals surface area contributed by atoms with Crippen molar-refractivity contribution in [2.45, 2.75) is 32.7 Å². The van der Waals surface area contributed by atoms with Crippen LogP contribution in [0.15, 0.2) is 29.6 Å². The number of aromatic nitrogens is 1. The monoisotopic (exact) mass is 286 g/mol. The highest BCUT2D eigenvalue weighted by molar-refractivity contribution is 7.09. The number of carbonyl (C=O) groups excluding carboxylic acids is 1. The molecule has 0 bridgehead atoms. The van der Waals surface area contributed by atoms with E-state index >= 15 is 0 Å². The molecule has 20 heavy (non-hydrogen) atoms. The number of thiazole rings is 1. The van der Waals surface area contributed by atoms with E-state index in [0.717, 1.165) is 24.4 Å². The van der Waals surface area contributed by atoms with Gasteiger partial charge in [-0.1, -0.05) is 24.3 Å². The fourth-order valence-electron chi connectivity index (χ4n) is 2.90. The minimum atomic E-state index is 0.0695. The van der Waals surface area contributed by atoms with Crippen LogP contribution in [-0.4, -0.2) is 22.3 Å². The first-order valence-corrected chi connectivity index (χ1v) is 7.83. The van der Waals surface area contributed by atoms with Crippen molar-refractivity contribution in [3.05, 3.63) is 51.5 Å². The van der Waals surface area contributed by atoms with E-state index < -0.39 is 0 Å². The predicted octanol–water partition coefficient (Wildman–Crippen LogP) is 3.74. The van der Waals surface area contributed by atoms with E-state index in [2.05, 4.69) is 30.1 Å². The fraction of sp³-hybridized carbons (Fsp3) is 0.375. The van der Waals surface area contributed by atoms with Gasteiger partial charge in [0.25, 0.3) is 5.91 Å². The molecule has 1 unspecified atom stereocenters. The van der Waals surface area contributed by atoms with Gasteiger partial charge in [-0.2, -0.15) is 0 Å². The molecule has 4 heteroatoms. The zero-order chi connectivity index (χ0) is 14.1. The minimum Gasteiger partial charge on any atom is -0.330 e. The van der Waals surface area contributed by atoms with Crippen molar-refractivity contribution in [2.24, 2.45) is 0 Å². The molecule has 1 saturated heterocycles. The van der Waals surface area contributed by atoms with Gasteiger partial charge in [-0.25, -0.2) is 4.98 Å². The van der Waals surface area contributed by atoms with E-state index in [-0.39, 0.29) is 11.9 Å². The topological polar surface area (TPSA) is 33.2 Å². The summed E-state index contributed by atoms with van der Waals surface area (Å²) in [6.45, 7) is 4.88. The molecule has 0 saturated carbocycles. The molecule has 104 valence electrons. The summed E-state index contributed by atoms with van der Waals surface area (Å²) in [4.78, 5) is 18.9. The van der Waals surface area contributed by atoms with Gasteiger partial charge in [0, 0.05) is 11.9 Å². The summed E-state index contributed by atoms with van der Waals surface area (Å²) in [5, 5.41) is 2.81. The number of benzene rings is 1. The summed E-state index contributed by atoms with van der Waals surface area (Å²) >= 11 is 1.53. The first-order chi connectivity index (χ1) is 9.66.